The fourth-order valence-corrected chi connectivity index (χ4v) is 4.04. The van der Waals surface area contributed by atoms with Crippen molar-refractivity contribution in [1.29, 1.82) is 0 Å². The van der Waals surface area contributed by atoms with Crippen LogP contribution in [0.4, 0.5) is 23.3 Å². The normalized spacial score (nSPS) is 12.7. The highest BCUT2D eigenvalue weighted by Gasteiger charge is 2.28. The number of anilines is 4. The summed E-state index contributed by atoms with van der Waals surface area (Å²) < 4.78 is 0. The zero-order chi connectivity index (χ0) is 26.5. The van der Waals surface area contributed by atoms with Crippen molar-refractivity contribution in [2.75, 3.05) is 27.9 Å². The Hall–Kier alpha value is -4.21. The molecular weight excluding hydrogens is 500 g/mol. The number of carbonyl (C=O) groups is 1. The first kappa shape index (κ1) is 25.4. The van der Waals surface area contributed by atoms with E-state index in [0.717, 1.165) is 35.7 Å². The summed E-state index contributed by atoms with van der Waals surface area (Å²) in [5, 5.41) is 8.35. The molecule has 4 aromatic rings. The monoisotopic (exact) mass is 528 g/mol. The highest BCUT2D eigenvalue weighted by molar-refractivity contribution is 6.30. The third-order valence-electron chi connectivity index (χ3n) is 6.23. The molecule has 10 heteroatoms. The Kier molecular flexibility index (Phi) is 7.67. The summed E-state index contributed by atoms with van der Waals surface area (Å²) in [5.74, 6) is 8.16. The van der Waals surface area contributed by atoms with Gasteiger partial charge in [-0.1, -0.05) is 48.0 Å². The minimum Gasteiger partial charge on any atom is -0.397 e. The largest absolute Gasteiger partial charge is 0.397 e. The van der Waals surface area contributed by atoms with E-state index < -0.39 is 0 Å². The molecule has 0 saturated heterocycles. The average Bonchev–Trinajstić information content (AvgIpc) is 3.77. The highest BCUT2D eigenvalue weighted by Crippen LogP contribution is 2.38. The van der Waals surface area contributed by atoms with Crippen molar-refractivity contribution in [3.8, 4) is 0 Å². The molecule has 0 spiro atoms. The quantitative estimate of drug-likeness (QED) is 0.131. The van der Waals surface area contributed by atoms with E-state index in [1.807, 2.05) is 48.5 Å². The standard InChI is InChI=1S/C28H29ClN8O/c29-22-13-7-18(8-14-22)15-16-32-27-34-25(20-11-12-20)35-28(36-27)37(31)17-19-5-9-21(10-6-19)26(38)33-24-4-2-1-3-23(24)30/h1-10,13-14,20H,11-12,15-17,30-31H2,(H,33,38)(H,32,34,35,36). The van der Waals surface area contributed by atoms with Gasteiger partial charge in [0, 0.05) is 23.0 Å². The van der Waals surface area contributed by atoms with Crippen molar-refractivity contribution >= 4 is 40.8 Å². The lowest BCUT2D eigenvalue weighted by Crippen LogP contribution is -2.32. The van der Waals surface area contributed by atoms with E-state index in [2.05, 4.69) is 25.6 Å². The molecule has 1 aromatic heterocycles. The lowest BCUT2D eigenvalue weighted by Gasteiger charge is -2.18. The van der Waals surface area contributed by atoms with Crippen LogP contribution in [0.3, 0.4) is 0 Å². The van der Waals surface area contributed by atoms with Gasteiger partial charge >= 0.3 is 0 Å². The molecule has 6 N–H and O–H groups in total. The van der Waals surface area contributed by atoms with Crippen molar-refractivity contribution in [1.82, 2.24) is 15.0 Å². The number of benzene rings is 3. The zero-order valence-electron chi connectivity index (χ0n) is 20.8. The fourth-order valence-electron chi connectivity index (χ4n) is 3.92. The van der Waals surface area contributed by atoms with Gasteiger partial charge in [-0.05, 0) is 66.8 Å². The predicted molar refractivity (Wildman–Crippen MR) is 151 cm³/mol. The number of aromatic nitrogens is 3. The van der Waals surface area contributed by atoms with Crippen LogP contribution < -0.4 is 27.2 Å². The number of para-hydroxylation sites is 2. The molecule has 38 heavy (non-hydrogen) atoms. The summed E-state index contributed by atoms with van der Waals surface area (Å²) in [6, 6.07) is 22.1. The number of carbonyl (C=O) groups excluding carboxylic acids is 1. The summed E-state index contributed by atoms with van der Waals surface area (Å²) in [6.07, 6.45) is 2.94. The van der Waals surface area contributed by atoms with E-state index >= 15 is 0 Å². The number of amides is 1. The Bertz CT molecular complexity index is 1410. The maximum atomic E-state index is 12.6. The molecule has 0 atom stereocenters. The van der Waals surface area contributed by atoms with Crippen LogP contribution in [0.1, 0.15) is 46.1 Å². The Morgan fingerprint density at radius 2 is 1.66 bits per heavy atom. The maximum absolute atomic E-state index is 12.6. The van der Waals surface area contributed by atoms with Crippen molar-refractivity contribution < 1.29 is 4.79 Å². The number of hydrogen-bond acceptors (Lipinski definition) is 8. The maximum Gasteiger partial charge on any atom is 0.255 e. The van der Waals surface area contributed by atoms with Gasteiger partial charge < -0.3 is 16.4 Å². The number of rotatable bonds is 10. The molecule has 1 amide bonds. The molecule has 0 bridgehead atoms. The summed E-state index contributed by atoms with van der Waals surface area (Å²) >= 11 is 5.98. The number of hydrogen-bond donors (Lipinski definition) is 4. The van der Waals surface area contributed by atoms with Crippen LogP contribution in [0.5, 0.6) is 0 Å². The van der Waals surface area contributed by atoms with Crippen molar-refractivity contribution in [3.63, 3.8) is 0 Å². The van der Waals surface area contributed by atoms with E-state index in [-0.39, 0.29) is 5.91 Å². The molecule has 1 saturated carbocycles. The summed E-state index contributed by atoms with van der Waals surface area (Å²) in [7, 11) is 0. The van der Waals surface area contributed by atoms with Gasteiger partial charge in [0.25, 0.3) is 5.91 Å². The molecule has 9 nitrogen and oxygen atoms in total. The van der Waals surface area contributed by atoms with Crippen molar-refractivity contribution in [2.45, 2.75) is 31.7 Å². The summed E-state index contributed by atoms with van der Waals surface area (Å²) in [6.45, 7) is 1.03. The van der Waals surface area contributed by atoms with Crippen LogP contribution in [0.25, 0.3) is 0 Å². The zero-order valence-corrected chi connectivity index (χ0v) is 21.5. The SMILES string of the molecule is Nc1ccccc1NC(=O)c1ccc(CN(N)c2nc(NCCc3ccc(Cl)cc3)nc(C3CC3)n2)cc1. The molecule has 1 aliphatic carbocycles. The van der Waals surface area contributed by atoms with Gasteiger partial charge in [0.2, 0.25) is 11.9 Å². The number of hydrazine groups is 1. The molecule has 5 rings (SSSR count). The molecule has 0 aliphatic heterocycles. The molecule has 194 valence electrons. The van der Waals surface area contributed by atoms with Crippen molar-refractivity contribution in [2.24, 2.45) is 5.84 Å². The van der Waals surface area contributed by atoms with Gasteiger partial charge in [-0.25, -0.2) is 5.84 Å². The Balaban J connectivity index is 1.22. The smallest absolute Gasteiger partial charge is 0.255 e. The first-order chi connectivity index (χ1) is 18.4. The molecule has 0 radical (unpaired) electrons. The average molecular weight is 529 g/mol. The second-order valence-corrected chi connectivity index (χ2v) is 9.70. The number of nitrogen functional groups attached to an aromatic ring is 1. The summed E-state index contributed by atoms with van der Waals surface area (Å²) in [5.41, 5.74) is 9.61. The van der Waals surface area contributed by atoms with E-state index in [1.165, 1.54) is 10.6 Å². The van der Waals surface area contributed by atoms with Crippen LogP contribution >= 0.6 is 11.6 Å². The first-order valence-corrected chi connectivity index (χ1v) is 12.8. The molecule has 3 aromatic carbocycles. The number of nitrogens with zero attached hydrogens (tertiary/aromatic N) is 4. The Morgan fingerprint density at radius 3 is 2.37 bits per heavy atom. The Morgan fingerprint density at radius 1 is 0.947 bits per heavy atom. The van der Waals surface area contributed by atoms with Crippen LogP contribution in [0, 0.1) is 0 Å². The minimum absolute atomic E-state index is 0.236. The topological polar surface area (TPSA) is 135 Å². The van der Waals surface area contributed by atoms with E-state index in [0.29, 0.717) is 47.8 Å². The molecule has 0 unspecified atom stereocenters. The van der Waals surface area contributed by atoms with Crippen LogP contribution in [0.2, 0.25) is 5.02 Å². The van der Waals surface area contributed by atoms with E-state index in [9.17, 15) is 4.79 Å². The van der Waals surface area contributed by atoms with Crippen LogP contribution in [0.15, 0.2) is 72.8 Å². The van der Waals surface area contributed by atoms with Gasteiger partial charge in [0.15, 0.2) is 0 Å². The third-order valence-corrected chi connectivity index (χ3v) is 6.48. The van der Waals surface area contributed by atoms with Crippen LogP contribution in [-0.4, -0.2) is 27.4 Å². The highest BCUT2D eigenvalue weighted by atomic mass is 35.5. The number of halogens is 1. The predicted octanol–water partition coefficient (Wildman–Crippen LogP) is 4.77. The van der Waals surface area contributed by atoms with Crippen molar-refractivity contribution in [3.05, 3.63) is 100 Å². The third kappa shape index (κ3) is 6.56. The summed E-state index contributed by atoms with van der Waals surface area (Å²) in [4.78, 5) is 26.4. The van der Waals surface area contributed by atoms with Gasteiger partial charge in [-0.15, -0.1) is 0 Å². The van der Waals surface area contributed by atoms with Gasteiger partial charge in [-0.2, -0.15) is 15.0 Å². The van der Waals surface area contributed by atoms with Gasteiger partial charge in [0.1, 0.15) is 5.82 Å². The second-order valence-electron chi connectivity index (χ2n) is 9.26. The number of nitrogens with one attached hydrogen (secondary N) is 2. The molecule has 1 fully saturated rings. The lowest BCUT2D eigenvalue weighted by molar-refractivity contribution is 0.102. The fraction of sp³-hybridized carbons (Fsp3) is 0.214. The molecule has 1 heterocycles. The van der Waals surface area contributed by atoms with Crippen LogP contribution in [-0.2, 0) is 13.0 Å². The minimum atomic E-state index is -0.236. The van der Waals surface area contributed by atoms with E-state index in [1.54, 1.807) is 24.3 Å². The second kappa shape index (κ2) is 11.5. The van der Waals surface area contributed by atoms with Gasteiger partial charge in [0.05, 0.1) is 17.9 Å². The number of nitrogens with two attached hydrogens (primary N) is 2. The molecular formula is C28H29ClN8O. The molecule has 1 aliphatic rings. The first-order valence-electron chi connectivity index (χ1n) is 12.5. The lowest BCUT2D eigenvalue weighted by atomic mass is 10.1. The Labute approximate surface area is 226 Å². The van der Waals surface area contributed by atoms with Gasteiger partial charge in [-0.3, -0.25) is 9.80 Å². The van der Waals surface area contributed by atoms with E-state index in [4.69, 9.17) is 23.2 Å².